The van der Waals surface area contributed by atoms with E-state index in [0.717, 1.165) is 4.90 Å². The first kappa shape index (κ1) is 17.9. The molecule has 1 aromatic carbocycles. The van der Waals surface area contributed by atoms with Gasteiger partial charge in [0.2, 0.25) is 5.91 Å². The Morgan fingerprint density at radius 3 is 2.44 bits per heavy atom. The molecule has 0 fully saturated rings. The molecule has 0 unspecified atom stereocenters. The molecule has 9 nitrogen and oxygen atoms in total. The molecule has 0 aromatic heterocycles. The highest BCUT2D eigenvalue weighted by Gasteiger charge is 2.33. The number of rotatable bonds is 7. The molecular formula is C16H16N4O5. The summed E-state index contributed by atoms with van der Waals surface area (Å²) in [5, 5.41) is 26.2. The topological polar surface area (TPSA) is 157 Å². The summed E-state index contributed by atoms with van der Waals surface area (Å²) >= 11 is 0. The van der Waals surface area contributed by atoms with Crippen LogP contribution in [0, 0.1) is 5.41 Å². The van der Waals surface area contributed by atoms with Crippen LogP contribution in [0.4, 0.5) is 0 Å². The van der Waals surface area contributed by atoms with Crippen molar-refractivity contribution in [2.75, 3.05) is 6.54 Å². The number of aromatic hydroxyl groups is 1. The Labute approximate surface area is 142 Å². The average Bonchev–Trinajstić information content (AvgIpc) is 2.83. The smallest absolute Gasteiger partial charge is 0.323 e. The van der Waals surface area contributed by atoms with Crippen molar-refractivity contribution in [1.82, 2.24) is 4.90 Å². The summed E-state index contributed by atoms with van der Waals surface area (Å²) in [7, 11) is 0. The number of phenols is 1. The molecule has 1 heterocycles. The second kappa shape index (κ2) is 7.39. The summed E-state index contributed by atoms with van der Waals surface area (Å²) < 4.78 is 0. The van der Waals surface area contributed by atoms with Crippen LogP contribution in [0.5, 0.6) is 5.75 Å². The number of hydrogen-bond donors (Lipinski definition) is 4. The zero-order chi connectivity index (χ0) is 18.6. The van der Waals surface area contributed by atoms with Crippen molar-refractivity contribution in [2.24, 2.45) is 10.7 Å². The Kier molecular flexibility index (Phi) is 5.28. The number of amides is 2. The van der Waals surface area contributed by atoms with E-state index in [0.29, 0.717) is 5.56 Å². The van der Waals surface area contributed by atoms with E-state index in [4.69, 9.17) is 16.2 Å². The lowest BCUT2D eigenvalue weighted by molar-refractivity contribution is -0.140. The molecule has 0 bridgehead atoms. The van der Waals surface area contributed by atoms with E-state index in [1.54, 1.807) is 12.1 Å². The zero-order valence-corrected chi connectivity index (χ0v) is 13.1. The largest absolute Gasteiger partial charge is 0.508 e. The highest BCUT2D eigenvalue weighted by molar-refractivity contribution is 6.46. The predicted molar refractivity (Wildman–Crippen MR) is 89.0 cm³/mol. The Morgan fingerprint density at radius 1 is 1.24 bits per heavy atom. The molecule has 5 N–H and O–H groups in total. The maximum Gasteiger partial charge on any atom is 0.323 e. The third-order valence-electron chi connectivity index (χ3n) is 3.33. The van der Waals surface area contributed by atoms with Crippen molar-refractivity contribution < 1.29 is 24.6 Å². The first-order valence-electron chi connectivity index (χ1n) is 7.27. The number of phenolic OH excluding ortho intramolecular Hbond substituents is 1. The van der Waals surface area contributed by atoms with E-state index in [1.807, 2.05) is 0 Å². The molecule has 1 aliphatic rings. The quantitative estimate of drug-likeness (QED) is 0.414. The Bertz CT molecular complexity index is 795. The van der Waals surface area contributed by atoms with Gasteiger partial charge in [-0.05, 0) is 23.8 Å². The molecule has 0 spiro atoms. The third kappa shape index (κ3) is 4.50. The zero-order valence-electron chi connectivity index (χ0n) is 13.1. The lowest BCUT2D eigenvalue weighted by Crippen LogP contribution is -2.40. The minimum absolute atomic E-state index is 0.0363. The highest BCUT2D eigenvalue weighted by Crippen LogP contribution is 2.20. The van der Waals surface area contributed by atoms with Crippen LogP contribution in [0.15, 0.2) is 35.0 Å². The number of amidine groups is 1. The number of aliphatic carboxylic acids is 1. The van der Waals surface area contributed by atoms with Gasteiger partial charge in [0, 0.05) is 12.8 Å². The SMILES string of the molecule is N=C(CCC(N)=O)C1=NC(=Cc2ccc(O)cc2)C(=O)N1CC(=O)O. The number of carboxylic acid groups (broad SMARTS) is 1. The second-order valence-corrected chi connectivity index (χ2v) is 5.29. The van der Waals surface area contributed by atoms with E-state index in [9.17, 15) is 19.5 Å². The normalized spacial score (nSPS) is 15.4. The van der Waals surface area contributed by atoms with Crippen LogP contribution in [-0.4, -0.2) is 51.0 Å². The number of carboxylic acids is 1. The van der Waals surface area contributed by atoms with Crippen molar-refractivity contribution in [3.8, 4) is 5.75 Å². The molecule has 9 heteroatoms. The summed E-state index contributed by atoms with van der Waals surface area (Å²) in [6.45, 7) is -0.649. The van der Waals surface area contributed by atoms with E-state index >= 15 is 0 Å². The van der Waals surface area contributed by atoms with E-state index in [1.165, 1.54) is 18.2 Å². The summed E-state index contributed by atoms with van der Waals surface area (Å²) in [5.41, 5.74) is 5.43. The van der Waals surface area contributed by atoms with Crippen LogP contribution in [0.1, 0.15) is 18.4 Å². The maximum absolute atomic E-state index is 12.4. The Balaban J connectivity index is 2.33. The molecule has 0 radical (unpaired) electrons. The van der Waals surface area contributed by atoms with Gasteiger partial charge in [-0.3, -0.25) is 19.3 Å². The van der Waals surface area contributed by atoms with Gasteiger partial charge in [0.05, 0.1) is 5.71 Å². The monoisotopic (exact) mass is 344 g/mol. The van der Waals surface area contributed by atoms with Gasteiger partial charge in [-0.1, -0.05) is 12.1 Å². The molecule has 0 saturated heterocycles. The number of hydrogen-bond acceptors (Lipinski definition) is 6. The first-order chi connectivity index (χ1) is 11.8. The van der Waals surface area contributed by atoms with Crippen molar-refractivity contribution in [1.29, 1.82) is 5.41 Å². The molecule has 130 valence electrons. The van der Waals surface area contributed by atoms with Gasteiger partial charge in [-0.15, -0.1) is 0 Å². The number of aliphatic imine (C=N–C) groups is 1. The van der Waals surface area contributed by atoms with Gasteiger partial charge in [-0.2, -0.15) is 0 Å². The van der Waals surface area contributed by atoms with Crippen LogP contribution in [0.25, 0.3) is 6.08 Å². The van der Waals surface area contributed by atoms with Crippen molar-refractivity contribution in [2.45, 2.75) is 12.8 Å². The van der Waals surface area contributed by atoms with Gasteiger partial charge in [0.25, 0.3) is 5.91 Å². The summed E-state index contributed by atoms with van der Waals surface area (Å²) in [5.74, 6) is -2.58. The molecule has 1 aromatic rings. The lowest BCUT2D eigenvalue weighted by atomic mass is 10.1. The summed E-state index contributed by atoms with van der Waals surface area (Å²) in [4.78, 5) is 39.2. The molecule has 25 heavy (non-hydrogen) atoms. The van der Waals surface area contributed by atoms with Crippen LogP contribution in [0.3, 0.4) is 0 Å². The highest BCUT2D eigenvalue weighted by atomic mass is 16.4. The molecule has 1 aliphatic heterocycles. The molecule has 0 aliphatic carbocycles. The second-order valence-electron chi connectivity index (χ2n) is 5.29. The fourth-order valence-corrected chi connectivity index (χ4v) is 2.15. The molecule has 0 atom stereocenters. The summed E-state index contributed by atoms with van der Waals surface area (Å²) in [6.07, 6.45) is 1.26. The standard InChI is InChI=1S/C16H16N4O5/c17-11(5-6-13(18)22)15-19-12(16(25)20(15)8-14(23)24)7-9-1-3-10(21)4-2-9/h1-4,7,17,21H,5-6,8H2,(H2,18,22)(H,23,24). The van der Waals surface area contributed by atoms with Crippen LogP contribution < -0.4 is 5.73 Å². The number of nitrogens with zero attached hydrogens (tertiary/aromatic N) is 2. The van der Waals surface area contributed by atoms with Crippen LogP contribution >= 0.6 is 0 Å². The van der Waals surface area contributed by atoms with E-state index in [2.05, 4.69) is 4.99 Å². The molecular weight excluding hydrogens is 328 g/mol. The maximum atomic E-state index is 12.4. The van der Waals surface area contributed by atoms with E-state index < -0.39 is 24.3 Å². The molecule has 2 rings (SSSR count). The number of carbonyl (C=O) groups is 3. The predicted octanol–water partition coefficient (Wildman–Crippen LogP) is 0.344. The average molecular weight is 344 g/mol. The van der Waals surface area contributed by atoms with Gasteiger partial charge < -0.3 is 21.4 Å². The minimum atomic E-state index is -1.25. The van der Waals surface area contributed by atoms with Crippen molar-refractivity contribution in [3.05, 3.63) is 35.5 Å². The van der Waals surface area contributed by atoms with Gasteiger partial charge >= 0.3 is 5.97 Å². The number of benzene rings is 1. The van der Waals surface area contributed by atoms with Crippen LogP contribution in [-0.2, 0) is 14.4 Å². The van der Waals surface area contributed by atoms with Crippen molar-refractivity contribution in [3.63, 3.8) is 0 Å². The third-order valence-corrected chi connectivity index (χ3v) is 3.33. The van der Waals surface area contributed by atoms with Gasteiger partial charge in [0.1, 0.15) is 18.0 Å². The minimum Gasteiger partial charge on any atom is -0.508 e. The number of primary amides is 1. The number of nitrogens with two attached hydrogens (primary N) is 1. The summed E-state index contributed by atoms with van der Waals surface area (Å²) in [6, 6.07) is 5.98. The Morgan fingerprint density at radius 2 is 1.88 bits per heavy atom. The van der Waals surface area contributed by atoms with Gasteiger partial charge in [0.15, 0.2) is 5.84 Å². The van der Waals surface area contributed by atoms with E-state index in [-0.39, 0.29) is 35.8 Å². The first-order valence-corrected chi connectivity index (χ1v) is 7.27. The van der Waals surface area contributed by atoms with Crippen molar-refractivity contribution >= 4 is 35.4 Å². The van der Waals surface area contributed by atoms with Crippen LogP contribution in [0.2, 0.25) is 0 Å². The molecule has 2 amide bonds. The number of carbonyl (C=O) groups excluding carboxylic acids is 2. The number of nitrogens with one attached hydrogen (secondary N) is 1. The Hall–Kier alpha value is -3.49. The molecule has 0 saturated carbocycles. The lowest BCUT2D eigenvalue weighted by Gasteiger charge is -2.15. The fraction of sp³-hybridized carbons (Fsp3) is 0.188. The van der Waals surface area contributed by atoms with Gasteiger partial charge in [-0.25, -0.2) is 4.99 Å². The fourth-order valence-electron chi connectivity index (χ4n) is 2.15.